The highest BCUT2D eigenvalue weighted by Gasteiger charge is 2.24. The van der Waals surface area contributed by atoms with E-state index in [9.17, 15) is 9.18 Å². The summed E-state index contributed by atoms with van der Waals surface area (Å²) in [6, 6.07) is 10.2. The largest absolute Gasteiger partial charge is 0.397 e. The highest BCUT2D eigenvalue weighted by molar-refractivity contribution is 9.10. The van der Waals surface area contributed by atoms with Crippen molar-refractivity contribution in [3.05, 3.63) is 46.7 Å². The van der Waals surface area contributed by atoms with Crippen LogP contribution in [0.15, 0.2) is 40.9 Å². The summed E-state index contributed by atoms with van der Waals surface area (Å²) >= 11 is 3.09. The van der Waals surface area contributed by atoms with E-state index in [4.69, 9.17) is 5.73 Å². The van der Waals surface area contributed by atoms with Crippen LogP contribution in [0.4, 0.5) is 27.1 Å². The second-order valence-electron chi connectivity index (χ2n) is 4.48. The third-order valence-electron chi connectivity index (χ3n) is 3.13. The molecule has 0 spiro atoms. The van der Waals surface area contributed by atoms with Gasteiger partial charge in [0, 0.05) is 6.07 Å². The van der Waals surface area contributed by atoms with E-state index < -0.39 is 5.82 Å². The van der Waals surface area contributed by atoms with Gasteiger partial charge in [-0.3, -0.25) is 4.79 Å². The van der Waals surface area contributed by atoms with Crippen LogP contribution in [0.3, 0.4) is 0 Å². The van der Waals surface area contributed by atoms with Gasteiger partial charge in [-0.1, -0.05) is 12.1 Å². The SMILES string of the molecule is Nc1cc(Br)c(F)cc1N1CC(=O)Nc2ccccc21. The molecule has 1 aliphatic heterocycles. The Morgan fingerprint density at radius 3 is 2.80 bits per heavy atom. The van der Waals surface area contributed by atoms with Gasteiger partial charge in [0.25, 0.3) is 0 Å². The van der Waals surface area contributed by atoms with Gasteiger partial charge in [0.1, 0.15) is 12.4 Å². The monoisotopic (exact) mass is 335 g/mol. The maximum atomic E-state index is 13.8. The molecule has 20 heavy (non-hydrogen) atoms. The number of fused-ring (bicyclic) bond motifs is 1. The normalized spacial score (nSPS) is 13.9. The molecule has 0 fully saturated rings. The lowest BCUT2D eigenvalue weighted by molar-refractivity contribution is -0.115. The van der Waals surface area contributed by atoms with Crippen molar-refractivity contribution in [3.63, 3.8) is 0 Å². The van der Waals surface area contributed by atoms with Gasteiger partial charge in [-0.15, -0.1) is 0 Å². The Hall–Kier alpha value is -2.08. The molecule has 0 radical (unpaired) electrons. The van der Waals surface area contributed by atoms with E-state index in [1.54, 1.807) is 11.0 Å². The van der Waals surface area contributed by atoms with E-state index in [0.717, 1.165) is 5.69 Å². The molecule has 0 saturated carbocycles. The molecule has 0 saturated heterocycles. The first kappa shape index (κ1) is 12.9. The zero-order valence-corrected chi connectivity index (χ0v) is 11.9. The molecule has 4 nitrogen and oxygen atoms in total. The van der Waals surface area contributed by atoms with E-state index in [1.165, 1.54) is 12.1 Å². The summed E-state index contributed by atoms with van der Waals surface area (Å²) in [5.41, 5.74) is 8.32. The molecule has 6 heteroatoms. The second-order valence-corrected chi connectivity index (χ2v) is 5.33. The van der Waals surface area contributed by atoms with Crippen molar-refractivity contribution in [2.24, 2.45) is 0 Å². The van der Waals surface area contributed by atoms with Gasteiger partial charge in [0.05, 0.1) is 27.2 Å². The number of hydrogen-bond donors (Lipinski definition) is 2. The number of amides is 1. The summed E-state index contributed by atoms with van der Waals surface area (Å²) in [6.07, 6.45) is 0. The number of nitrogens with zero attached hydrogens (tertiary/aromatic N) is 1. The number of carbonyl (C=O) groups is 1. The molecule has 2 aromatic rings. The standard InChI is InChI=1S/C14H11BrFN3O/c15-8-5-10(17)13(6-9(8)16)19-7-14(20)18-11-3-1-2-4-12(11)19/h1-6H,7,17H2,(H,18,20). The number of para-hydroxylation sites is 2. The van der Waals surface area contributed by atoms with E-state index in [0.29, 0.717) is 21.5 Å². The molecule has 3 rings (SSSR count). The average molecular weight is 336 g/mol. The first-order valence-corrected chi connectivity index (χ1v) is 6.76. The Morgan fingerprint density at radius 2 is 2.00 bits per heavy atom. The van der Waals surface area contributed by atoms with Crippen LogP contribution in [-0.2, 0) is 4.79 Å². The summed E-state index contributed by atoms with van der Waals surface area (Å²) in [7, 11) is 0. The first-order valence-electron chi connectivity index (χ1n) is 5.97. The fourth-order valence-electron chi connectivity index (χ4n) is 2.23. The average Bonchev–Trinajstić information content (AvgIpc) is 2.42. The minimum absolute atomic E-state index is 0.0995. The number of benzene rings is 2. The Balaban J connectivity index is 2.15. The predicted molar refractivity (Wildman–Crippen MR) is 80.6 cm³/mol. The smallest absolute Gasteiger partial charge is 0.244 e. The summed E-state index contributed by atoms with van der Waals surface area (Å²) in [5, 5.41) is 2.78. The molecule has 3 N–H and O–H groups in total. The van der Waals surface area contributed by atoms with E-state index in [1.807, 2.05) is 18.2 Å². The van der Waals surface area contributed by atoms with Crippen molar-refractivity contribution in [3.8, 4) is 0 Å². The second kappa shape index (κ2) is 4.79. The Morgan fingerprint density at radius 1 is 1.25 bits per heavy atom. The zero-order chi connectivity index (χ0) is 14.3. The Labute approximate surface area is 123 Å². The van der Waals surface area contributed by atoms with Gasteiger partial charge in [-0.05, 0) is 34.1 Å². The van der Waals surface area contributed by atoms with Gasteiger partial charge >= 0.3 is 0 Å². The maximum absolute atomic E-state index is 13.8. The number of hydrogen-bond acceptors (Lipinski definition) is 3. The third-order valence-corrected chi connectivity index (χ3v) is 3.74. The van der Waals surface area contributed by atoms with E-state index in [-0.39, 0.29) is 12.5 Å². The number of halogens is 2. The lowest BCUT2D eigenvalue weighted by atomic mass is 10.1. The van der Waals surface area contributed by atoms with Gasteiger partial charge in [-0.2, -0.15) is 0 Å². The van der Waals surface area contributed by atoms with Crippen LogP contribution in [0.2, 0.25) is 0 Å². The lowest BCUT2D eigenvalue weighted by Gasteiger charge is -2.31. The molecule has 0 unspecified atom stereocenters. The lowest BCUT2D eigenvalue weighted by Crippen LogP contribution is -2.35. The molecule has 0 aromatic heterocycles. The van der Waals surface area contributed by atoms with Gasteiger partial charge in [0.2, 0.25) is 5.91 Å². The minimum atomic E-state index is -0.419. The Kier molecular flexibility index (Phi) is 3.10. The van der Waals surface area contributed by atoms with Crippen LogP contribution in [0.5, 0.6) is 0 Å². The van der Waals surface area contributed by atoms with Gasteiger partial charge in [0.15, 0.2) is 0 Å². The van der Waals surface area contributed by atoms with E-state index in [2.05, 4.69) is 21.2 Å². The maximum Gasteiger partial charge on any atom is 0.244 e. The van der Waals surface area contributed by atoms with Crippen LogP contribution >= 0.6 is 15.9 Å². The van der Waals surface area contributed by atoms with Crippen LogP contribution < -0.4 is 16.0 Å². The number of rotatable bonds is 1. The first-order chi connectivity index (χ1) is 9.56. The number of anilines is 4. The van der Waals surface area contributed by atoms with Crippen molar-refractivity contribution >= 4 is 44.6 Å². The summed E-state index contributed by atoms with van der Waals surface area (Å²) < 4.78 is 14.1. The molecule has 0 bridgehead atoms. The number of nitrogen functional groups attached to an aromatic ring is 1. The van der Waals surface area contributed by atoms with Gasteiger partial charge < -0.3 is 16.0 Å². The molecular formula is C14H11BrFN3O. The topological polar surface area (TPSA) is 58.4 Å². The van der Waals surface area contributed by atoms with E-state index >= 15 is 0 Å². The molecular weight excluding hydrogens is 325 g/mol. The van der Waals surface area contributed by atoms with Crippen molar-refractivity contribution in [1.29, 1.82) is 0 Å². The highest BCUT2D eigenvalue weighted by atomic mass is 79.9. The van der Waals surface area contributed by atoms with Gasteiger partial charge in [-0.25, -0.2) is 4.39 Å². The minimum Gasteiger partial charge on any atom is -0.397 e. The molecule has 0 atom stereocenters. The predicted octanol–water partition coefficient (Wildman–Crippen LogP) is 3.26. The molecule has 1 heterocycles. The van der Waals surface area contributed by atoms with Crippen molar-refractivity contribution in [2.45, 2.75) is 0 Å². The van der Waals surface area contributed by atoms with Crippen molar-refractivity contribution in [1.82, 2.24) is 0 Å². The fraction of sp³-hybridized carbons (Fsp3) is 0.0714. The van der Waals surface area contributed by atoms with Crippen LogP contribution in [0.1, 0.15) is 0 Å². The van der Waals surface area contributed by atoms with Crippen LogP contribution in [0.25, 0.3) is 0 Å². The summed E-state index contributed by atoms with van der Waals surface area (Å²) in [5.74, 6) is -0.580. The third kappa shape index (κ3) is 2.12. The van der Waals surface area contributed by atoms with Crippen molar-refractivity contribution in [2.75, 3.05) is 22.5 Å². The number of nitrogens with one attached hydrogen (secondary N) is 1. The Bertz CT molecular complexity index is 705. The molecule has 2 aromatic carbocycles. The molecule has 1 aliphatic rings. The molecule has 0 aliphatic carbocycles. The zero-order valence-electron chi connectivity index (χ0n) is 10.4. The summed E-state index contributed by atoms with van der Waals surface area (Å²) in [6.45, 7) is 0.0995. The molecule has 1 amide bonds. The fourth-order valence-corrected chi connectivity index (χ4v) is 2.59. The highest BCUT2D eigenvalue weighted by Crippen LogP contribution is 2.39. The quantitative estimate of drug-likeness (QED) is 0.786. The van der Waals surface area contributed by atoms with Crippen LogP contribution in [0, 0.1) is 5.82 Å². The molecule has 102 valence electrons. The number of nitrogens with two attached hydrogens (primary N) is 1. The number of carbonyl (C=O) groups excluding carboxylic acids is 1. The summed E-state index contributed by atoms with van der Waals surface area (Å²) in [4.78, 5) is 13.5. The van der Waals surface area contributed by atoms with Crippen LogP contribution in [-0.4, -0.2) is 12.5 Å². The van der Waals surface area contributed by atoms with Crippen molar-refractivity contribution < 1.29 is 9.18 Å².